The summed E-state index contributed by atoms with van der Waals surface area (Å²) < 4.78 is 11.3. The van der Waals surface area contributed by atoms with Crippen molar-refractivity contribution in [2.45, 2.75) is 136 Å². The molecule has 0 heterocycles. The maximum Gasteiger partial charge on any atom is 0.136 e. The molecule has 0 fully saturated rings. The van der Waals surface area contributed by atoms with Crippen molar-refractivity contribution in [3.8, 4) is 11.8 Å². The molecule has 0 saturated heterocycles. The summed E-state index contributed by atoms with van der Waals surface area (Å²) in [7, 11) is 1.60. The van der Waals surface area contributed by atoms with Crippen molar-refractivity contribution in [2.24, 2.45) is 0 Å². The SMILES string of the molecule is CCCCCCCCCCCCCCCCCCC(C)OCc1ccc(C#N)c(OC)c1. The van der Waals surface area contributed by atoms with E-state index in [0.29, 0.717) is 17.9 Å². The third kappa shape index (κ3) is 14.5. The maximum absolute atomic E-state index is 9.07. The fourth-order valence-electron chi connectivity index (χ4n) is 4.22. The fraction of sp³-hybridized carbons (Fsp3) is 0.759. The molecular formula is C29H49NO2. The minimum atomic E-state index is 0.267. The minimum Gasteiger partial charge on any atom is -0.495 e. The lowest BCUT2D eigenvalue weighted by Crippen LogP contribution is -2.08. The van der Waals surface area contributed by atoms with Gasteiger partial charge >= 0.3 is 0 Å². The molecule has 0 spiro atoms. The van der Waals surface area contributed by atoms with Crippen molar-refractivity contribution >= 4 is 0 Å². The van der Waals surface area contributed by atoms with E-state index in [2.05, 4.69) is 19.9 Å². The van der Waals surface area contributed by atoms with Gasteiger partial charge in [0.25, 0.3) is 0 Å². The van der Waals surface area contributed by atoms with Gasteiger partial charge in [0.1, 0.15) is 11.8 Å². The molecule has 1 rings (SSSR count). The first kappa shape index (κ1) is 28.5. The molecule has 0 aliphatic heterocycles. The molecule has 0 bridgehead atoms. The number of hydrogen-bond donors (Lipinski definition) is 0. The lowest BCUT2D eigenvalue weighted by atomic mass is 10.0. The predicted octanol–water partition coefficient (Wildman–Crippen LogP) is 9.12. The summed E-state index contributed by atoms with van der Waals surface area (Å²) in [5.74, 6) is 0.624. The quantitative estimate of drug-likeness (QED) is 0.178. The van der Waals surface area contributed by atoms with Crippen molar-refractivity contribution < 1.29 is 9.47 Å². The number of benzene rings is 1. The average Bonchev–Trinajstić information content (AvgIpc) is 2.82. The molecule has 0 radical (unpaired) electrons. The molecular weight excluding hydrogens is 394 g/mol. The van der Waals surface area contributed by atoms with Gasteiger partial charge in [-0.1, -0.05) is 116 Å². The Morgan fingerprint density at radius 1 is 0.781 bits per heavy atom. The Bertz CT molecular complexity index is 608. The van der Waals surface area contributed by atoms with Crippen LogP contribution in [0.25, 0.3) is 0 Å². The summed E-state index contributed by atoms with van der Waals surface area (Å²) in [5.41, 5.74) is 1.62. The Labute approximate surface area is 198 Å². The second-order valence-corrected chi connectivity index (χ2v) is 9.36. The number of rotatable bonds is 21. The molecule has 1 aromatic rings. The Hall–Kier alpha value is -1.53. The van der Waals surface area contributed by atoms with Crippen LogP contribution in [0.1, 0.15) is 134 Å². The van der Waals surface area contributed by atoms with Gasteiger partial charge in [0.05, 0.1) is 25.4 Å². The van der Waals surface area contributed by atoms with Gasteiger partial charge < -0.3 is 9.47 Å². The minimum absolute atomic E-state index is 0.267. The van der Waals surface area contributed by atoms with Gasteiger partial charge in [0, 0.05) is 0 Å². The first-order valence-corrected chi connectivity index (χ1v) is 13.4. The van der Waals surface area contributed by atoms with Gasteiger partial charge in [-0.3, -0.25) is 0 Å². The van der Waals surface area contributed by atoms with Gasteiger partial charge in [-0.2, -0.15) is 5.26 Å². The van der Waals surface area contributed by atoms with E-state index in [-0.39, 0.29) is 6.10 Å². The van der Waals surface area contributed by atoms with Crippen molar-refractivity contribution in [2.75, 3.05) is 7.11 Å². The van der Waals surface area contributed by atoms with Gasteiger partial charge in [-0.05, 0) is 31.0 Å². The van der Waals surface area contributed by atoms with E-state index in [1.54, 1.807) is 13.2 Å². The molecule has 3 heteroatoms. The van der Waals surface area contributed by atoms with E-state index in [1.165, 1.54) is 103 Å². The summed E-state index contributed by atoms with van der Waals surface area (Å²) in [6.07, 6.45) is 23.8. The van der Waals surface area contributed by atoms with Gasteiger partial charge in [-0.25, -0.2) is 0 Å². The Kier molecular flexibility index (Phi) is 17.9. The summed E-state index contributed by atoms with van der Waals surface area (Å²) in [5, 5.41) is 9.07. The first-order valence-electron chi connectivity index (χ1n) is 13.4. The molecule has 0 saturated carbocycles. The zero-order valence-corrected chi connectivity index (χ0v) is 21.3. The summed E-state index contributed by atoms with van der Waals surface area (Å²) >= 11 is 0. The molecule has 0 N–H and O–H groups in total. The highest BCUT2D eigenvalue weighted by atomic mass is 16.5. The Balaban J connectivity index is 1.89. The van der Waals surface area contributed by atoms with Crippen LogP contribution in [-0.4, -0.2) is 13.2 Å². The summed E-state index contributed by atoms with van der Waals surface area (Å²) in [6.45, 7) is 5.02. The number of methoxy groups -OCH3 is 1. The van der Waals surface area contributed by atoms with E-state index in [0.717, 1.165) is 12.0 Å². The van der Waals surface area contributed by atoms with Gasteiger partial charge in [0.15, 0.2) is 0 Å². The topological polar surface area (TPSA) is 42.2 Å². The largest absolute Gasteiger partial charge is 0.495 e. The zero-order chi connectivity index (χ0) is 23.3. The molecule has 0 aromatic heterocycles. The third-order valence-electron chi connectivity index (χ3n) is 6.39. The van der Waals surface area contributed by atoms with E-state index in [1.807, 2.05) is 12.1 Å². The number of unbranched alkanes of at least 4 members (excludes halogenated alkanes) is 15. The molecule has 1 atom stereocenters. The molecule has 182 valence electrons. The fourth-order valence-corrected chi connectivity index (χ4v) is 4.22. The Morgan fingerprint density at radius 3 is 1.75 bits per heavy atom. The van der Waals surface area contributed by atoms with E-state index >= 15 is 0 Å². The first-order chi connectivity index (χ1) is 15.7. The predicted molar refractivity (Wildman–Crippen MR) is 136 cm³/mol. The second kappa shape index (κ2) is 20.1. The van der Waals surface area contributed by atoms with Crippen molar-refractivity contribution in [3.05, 3.63) is 29.3 Å². The van der Waals surface area contributed by atoms with Crippen LogP contribution in [0.4, 0.5) is 0 Å². The standard InChI is InChI=1S/C29H49NO2/c1-4-5-6-7-8-9-10-11-12-13-14-15-16-17-18-19-20-26(2)32-25-27-21-22-28(24-30)29(23-27)31-3/h21-23,26H,4-20,25H2,1-3H3. The van der Waals surface area contributed by atoms with Crippen LogP contribution in [0.2, 0.25) is 0 Å². The second-order valence-electron chi connectivity index (χ2n) is 9.36. The number of hydrogen-bond acceptors (Lipinski definition) is 3. The molecule has 1 unspecified atom stereocenters. The van der Waals surface area contributed by atoms with E-state index in [9.17, 15) is 0 Å². The van der Waals surface area contributed by atoms with Crippen LogP contribution in [0.15, 0.2) is 18.2 Å². The molecule has 3 nitrogen and oxygen atoms in total. The number of nitrogens with zero attached hydrogens (tertiary/aromatic N) is 1. The number of nitriles is 1. The van der Waals surface area contributed by atoms with Crippen molar-refractivity contribution in [1.82, 2.24) is 0 Å². The van der Waals surface area contributed by atoms with Crippen LogP contribution in [0, 0.1) is 11.3 Å². The molecule has 1 aromatic carbocycles. The maximum atomic E-state index is 9.07. The van der Waals surface area contributed by atoms with Gasteiger partial charge in [-0.15, -0.1) is 0 Å². The van der Waals surface area contributed by atoms with E-state index in [4.69, 9.17) is 14.7 Å². The summed E-state index contributed by atoms with van der Waals surface area (Å²) in [6, 6.07) is 7.80. The van der Waals surface area contributed by atoms with Crippen molar-refractivity contribution in [3.63, 3.8) is 0 Å². The molecule has 0 aliphatic carbocycles. The zero-order valence-electron chi connectivity index (χ0n) is 21.3. The lowest BCUT2D eigenvalue weighted by molar-refractivity contribution is 0.0458. The highest BCUT2D eigenvalue weighted by Gasteiger charge is 2.06. The lowest BCUT2D eigenvalue weighted by Gasteiger charge is -2.14. The Morgan fingerprint density at radius 2 is 1.28 bits per heavy atom. The monoisotopic (exact) mass is 443 g/mol. The molecule has 0 amide bonds. The molecule has 32 heavy (non-hydrogen) atoms. The van der Waals surface area contributed by atoms with E-state index < -0.39 is 0 Å². The third-order valence-corrected chi connectivity index (χ3v) is 6.39. The smallest absolute Gasteiger partial charge is 0.136 e. The van der Waals surface area contributed by atoms with Crippen LogP contribution >= 0.6 is 0 Å². The number of ether oxygens (including phenoxy) is 2. The van der Waals surface area contributed by atoms with Crippen molar-refractivity contribution in [1.29, 1.82) is 5.26 Å². The van der Waals surface area contributed by atoms with Crippen LogP contribution in [0.3, 0.4) is 0 Å². The van der Waals surface area contributed by atoms with Crippen LogP contribution < -0.4 is 4.74 Å². The highest BCUT2D eigenvalue weighted by Crippen LogP contribution is 2.21. The average molecular weight is 444 g/mol. The normalized spacial score (nSPS) is 11.9. The highest BCUT2D eigenvalue weighted by molar-refractivity contribution is 5.45. The van der Waals surface area contributed by atoms with Crippen LogP contribution in [-0.2, 0) is 11.3 Å². The van der Waals surface area contributed by atoms with Gasteiger partial charge in [0.2, 0.25) is 0 Å². The molecule has 0 aliphatic rings. The van der Waals surface area contributed by atoms with Crippen LogP contribution in [0.5, 0.6) is 5.75 Å². The summed E-state index contributed by atoms with van der Waals surface area (Å²) in [4.78, 5) is 0.